The summed E-state index contributed by atoms with van der Waals surface area (Å²) in [4.78, 5) is 41.9. The Labute approximate surface area is 106 Å². The van der Waals surface area contributed by atoms with E-state index in [1.165, 1.54) is 12.4 Å². The zero-order valence-electron chi connectivity index (χ0n) is 9.90. The Hall–Kier alpha value is -2.71. The molecule has 9 nitrogen and oxygen atoms in total. The molecule has 0 atom stereocenters. The third-order valence-electron chi connectivity index (χ3n) is 2.32. The number of hydrogen-bond donors (Lipinski definition) is 4. The molecule has 100 valence electrons. The Bertz CT molecular complexity index is 628. The lowest BCUT2D eigenvalue weighted by Crippen LogP contribution is -2.30. The summed E-state index contributed by atoms with van der Waals surface area (Å²) < 4.78 is 0. The molecular formula is C10H12N6O3. The first-order valence-electron chi connectivity index (χ1n) is 5.57. The second-order valence-corrected chi connectivity index (χ2v) is 3.82. The minimum absolute atomic E-state index is 0.0600. The van der Waals surface area contributed by atoms with E-state index in [1.807, 2.05) is 4.98 Å². The molecule has 4 N–H and O–H groups in total. The number of hydrogen-bond acceptors (Lipinski definition) is 5. The van der Waals surface area contributed by atoms with Crippen molar-refractivity contribution in [2.24, 2.45) is 0 Å². The first-order valence-corrected chi connectivity index (χ1v) is 5.57. The van der Waals surface area contributed by atoms with Crippen LogP contribution in [0.3, 0.4) is 0 Å². The smallest absolute Gasteiger partial charge is 0.325 e. The van der Waals surface area contributed by atoms with Crippen molar-refractivity contribution in [3.63, 3.8) is 0 Å². The predicted octanol–water partition coefficient (Wildman–Crippen LogP) is -1.92. The van der Waals surface area contributed by atoms with E-state index in [1.54, 1.807) is 0 Å². The number of amides is 1. The van der Waals surface area contributed by atoms with Gasteiger partial charge in [-0.1, -0.05) is 0 Å². The summed E-state index contributed by atoms with van der Waals surface area (Å²) in [6.45, 7) is 0.390. The number of aromatic amines is 3. The Morgan fingerprint density at radius 2 is 2.16 bits per heavy atom. The zero-order chi connectivity index (χ0) is 13.7. The molecular weight excluding hydrogens is 252 g/mol. The highest BCUT2D eigenvalue weighted by molar-refractivity contribution is 5.77. The number of nitrogens with zero attached hydrogens (tertiary/aromatic N) is 2. The van der Waals surface area contributed by atoms with Gasteiger partial charge in [0.2, 0.25) is 5.91 Å². The summed E-state index contributed by atoms with van der Waals surface area (Å²) in [6.07, 6.45) is 1.85. The van der Waals surface area contributed by atoms with Gasteiger partial charge < -0.3 is 10.3 Å². The number of aromatic nitrogens is 5. The average molecular weight is 264 g/mol. The van der Waals surface area contributed by atoms with Crippen molar-refractivity contribution in [3.8, 4) is 0 Å². The summed E-state index contributed by atoms with van der Waals surface area (Å²) in [7, 11) is 0. The first kappa shape index (κ1) is 12.7. The van der Waals surface area contributed by atoms with E-state index in [4.69, 9.17) is 0 Å². The van der Waals surface area contributed by atoms with E-state index in [-0.39, 0.29) is 18.0 Å². The summed E-state index contributed by atoms with van der Waals surface area (Å²) in [5, 5.41) is 9.00. The van der Waals surface area contributed by atoms with Gasteiger partial charge in [-0.15, -0.1) is 0 Å². The minimum atomic E-state index is -0.628. The molecule has 0 aliphatic rings. The van der Waals surface area contributed by atoms with E-state index < -0.39 is 11.2 Å². The van der Waals surface area contributed by atoms with Gasteiger partial charge in [0.05, 0.1) is 6.42 Å². The standard InChI is InChI=1S/C10H12N6O3/c17-8(11-2-1-7-12-5-13-16-7)3-6-4-9(18)15-10(19)14-6/h4-5H,1-3H2,(H,11,17)(H,12,13,16)(H2,14,15,18,19). The summed E-state index contributed by atoms with van der Waals surface area (Å²) >= 11 is 0. The third kappa shape index (κ3) is 3.91. The van der Waals surface area contributed by atoms with Gasteiger partial charge in [-0.2, -0.15) is 5.10 Å². The van der Waals surface area contributed by atoms with Crippen LogP contribution in [-0.2, 0) is 17.6 Å². The van der Waals surface area contributed by atoms with Crippen molar-refractivity contribution in [2.45, 2.75) is 12.8 Å². The van der Waals surface area contributed by atoms with Crippen molar-refractivity contribution < 1.29 is 4.79 Å². The Kier molecular flexibility index (Phi) is 3.86. The van der Waals surface area contributed by atoms with Gasteiger partial charge in [-0.3, -0.25) is 19.7 Å². The molecule has 0 aliphatic heterocycles. The predicted molar refractivity (Wildman–Crippen MR) is 64.5 cm³/mol. The maximum absolute atomic E-state index is 11.6. The lowest BCUT2D eigenvalue weighted by atomic mass is 10.3. The summed E-state index contributed by atoms with van der Waals surface area (Å²) in [5.41, 5.74) is -0.893. The normalized spacial score (nSPS) is 10.3. The Morgan fingerprint density at radius 1 is 1.32 bits per heavy atom. The molecule has 2 aromatic heterocycles. The molecule has 1 amide bonds. The average Bonchev–Trinajstić information content (AvgIpc) is 2.80. The highest BCUT2D eigenvalue weighted by Gasteiger charge is 2.05. The van der Waals surface area contributed by atoms with Crippen LogP contribution in [0.15, 0.2) is 22.0 Å². The van der Waals surface area contributed by atoms with Crippen molar-refractivity contribution >= 4 is 5.91 Å². The molecule has 0 aromatic carbocycles. The van der Waals surface area contributed by atoms with E-state index >= 15 is 0 Å². The van der Waals surface area contributed by atoms with E-state index in [0.29, 0.717) is 18.8 Å². The van der Waals surface area contributed by atoms with Crippen LogP contribution >= 0.6 is 0 Å². The van der Waals surface area contributed by atoms with Gasteiger partial charge in [0, 0.05) is 24.7 Å². The first-order chi connectivity index (χ1) is 9.13. The molecule has 0 fully saturated rings. The fraction of sp³-hybridized carbons (Fsp3) is 0.300. The molecule has 0 unspecified atom stereocenters. The number of carbonyl (C=O) groups is 1. The molecule has 2 rings (SSSR count). The van der Waals surface area contributed by atoms with Crippen LogP contribution in [0.4, 0.5) is 0 Å². The van der Waals surface area contributed by atoms with Gasteiger partial charge in [0.25, 0.3) is 5.56 Å². The van der Waals surface area contributed by atoms with Gasteiger partial charge in [0.1, 0.15) is 12.2 Å². The number of rotatable bonds is 5. The molecule has 0 bridgehead atoms. The third-order valence-corrected chi connectivity index (χ3v) is 2.32. The van der Waals surface area contributed by atoms with Crippen LogP contribution in [0.25, 0.3) is 0 Å². The number of nitrogens with one attached hydrogen (secondary N) is 4. The number of H-pyrrole nitrogens is 3. The molecule has 0 saturated heterocycles. The number of carbonyl (C=O) groups excluding carboxylic acids is 1. The zero-order valence-corrected chi connectivity index (χ0v) is 9.90. The Morgan fingerprint density at radius 3 is 2.84 bits per heavy atom. The van der Waals surface area contributed by atoms with Gasteiger partial charge >= 0.3 is 5.69 Å². The van der Waals surface area contributed by atoms with E-state index in [0.717, 1.165) is 0 Å². The topological polar surface area (TPSA) is 136 Å². The van der Waals surface area contributed by atoms with E-state index in [9.17, 15) is 14.4 Å². The quantitative estimate of drug-likeness (QED) is 0.499. The van der Waals surface area contributed by atoms with Crippen LogP contribution in [0, 0.1) is 0 Å². The summed E-state index contributed by atoms with van der Waals surface area (Å²) in [5.74, 6) is 0.380. The molecule has 0 radical (unpaired) electrons. The van der Waals surface area contributed by atoms with Gasteiger partial charge in [0.15, 0.2) is 0 Å². The molecule has 9 heteroatoms. The van der Waals surface area contributed by atoms with Crippen molar-refractivity contribution in [1.82, 2.24) is 30.5 Å². The highest BCUT2D eigenvalue weighted by Crippen LogP contribution is 1.89. The maximum Gasteiger partial charge on any atom is 0.325 e. The van der Waals surface area contributed by atoms with Gasteiger partial charge in [-0.25, -0.2) is 9.78 Å². The molecule has 0 saturated carbocycles. The fourth-order valence-electron chi connectivity index (χ4n) is 1.52. The van der Waals surface area contributed by atoms with Gasteiger partial charge in [-0.05, 0) is 0 Å². The summed E-state index contributed by atoms with van der Waals surface area (Å²) in [6, 6.07) is 1.18. The molecule has 19 heavy (non-hydrogen) atoms. The lowest BCUT2D eigenvalue weighted by Gasteiger charge is -2.03. The van der Waals surface area contributed by atoms with Crippen LogP contribution in [-0.4, -0.2) is 37.6 Å². The second-order valence-electron chi connectivity index (χ2n) is 3.82. The Balaban J connectivity index is 1.84. The van der Waals surface area contributed by atoms with Crippen LogP contribution in [0.5, 0.6) is 0 Å². The van der Waals surface area contributed by atoms with E-state index in [2.05, 4.69) is 25.5 Å². The molecule has 0 spiro atoms. The molecule has 2 heterocycles. The SMILES string of the molecule is O=C(Cc1cc(=O)[nH]c(=O)[nH]1)NCCc1ncn[nH]1. The second kappa shape index (κ2) is 5.76. The van der Waals surface area contributed by atoms with Crippen LogP contribution in [0.1, 0.15) is 11.5 Å². The highest BCUT2D eigenvalue weighted by atomic mass is 16.2. The molecule has 2 aromatic rings. The van der Waals surface area contributed by atoms with Crippen LogP contribution < -0.4 is 16.6 Å². The lowest BCUT2D eigenvalue weighted by molar-refractivity contribution is -0.120. The van der Waals surface area contributed by atoms with Crippen molar-refractivity contribution in [3.05, 3.63) is 44.8 Å². The fourth-order valence-corrected chi connectivity index (χ4v) is 1.52. The maximum atomic E-state index is 11.6. The monoisotopic (exact) mass is 264 g/mol. The largest absolute Gasteiger partial charge is 0.355 e. The molecule has 0 aliphatic carbocycles. The minimum Gasteiger partial charge on any atom is -0.355 e. The van der Waals surface area contributed by atoms with Crippen molar-refractivity contribution in [2.75, 3.05) is 6.54 Å². The van der Waals surface area contributed by atoms with Crippen molar-refractivity contribution in [1.29, 1.82) is 0 Å². The van der Waals surface area contributed by atoms with Crippen LogP contribution in [0.2, 0.25) is 0 Å².